The number of anilines is 1. The summed E-state index contributed by atoms with van der Waals surface area (Å²) < 4.78 is 0. The number of rotatable bonds is 10. The minimum Gasteiger partial charge on any atom is -0.387 e. The van der Waals surface area contributed by atoms with Gasteiger partial charge in [-0.25, -0.2) is 4.99 Å². The molecule has 4 rings (SSSR count). The van der Waals surface area contributed by atoms with E-state index in [0.29, 0.717) is 48.0 Å². The van der Waals surface area contributed by atoms with Gasteiger partial charge in [0.05, 0.1) is 23.6 Å². The van der Waals surface area contributed by atoms with Crippen LogP contribution in [-0.2, 0) is 16.1 Å². The first-order valence-corrected chi connectivity index (χ1v) is 14.6. The van der Waals surface area contributed by atoms with Crippen molar-refractivity contribution in [1.82, 2.24) is 20.5 Å². The zero-order chi connectivity index (χ0) is 29.8. The molecule has 1 aromatic heterocycles. The van der Waals surface area contributed by atoms with E-state index in [2.05, 4.69) is 25.9 Å². The molecular weight excluding hydrogens is 518 g/mol. The van der Waals surface area contributed by atoms with E-state index < -0.39 is 0 Å². The van der Waals surface area contributed by atoms with Gasteiger partial charge in [-0.1, -0.05) is 33.8 Å². The highest BCUT2D eigenvalue weighted by Crippen LogP contribution is 2.29. The highest BCUT2D eigenvalue weighted by molar-refractivity contribution is 6.07. The summed E-state index contributed by atoms with van der Waals surface area (Å²) >= 11 is 0. The second-order valence-corrected chi connectivity index (χ2v) is 9.92. The third-order valence-corrected chi connectivity index (χ3v) is 6.70. The number of nitrogens with zero attached hydrogens (tertiary/aromatic N) is 3. The normalized spacial score (nSPS) is 15.8. The summed E-state index contributed by atoms with van der Waals surface area (Å²) in [6, 6.07) is 6.78. The SMILES string of the molecule is CC.CCCN(CCC)C(=O)C1=Cc2ccc(C(=O)Nc3cncc(CNC(=O)C4CCCN4)c3)cc2N=C(N)C1. The minimum absolute atomic E-state index is 0.0328. The molecule has 1 saturated heterocycles. The molecule has 2 aromatic rings. The van der Waals surface area contributed by atoms with Crippen molar-refractivity contribution in [3.8, 4) is 0 Å². The zero-order valence-corrected chi connectivity index (χ0v) is 24.6. The summed E-state index contributed by atoms with van der Waals surface area (Å²) in [5.41, 5.74) is 9.74. The molecule has 0 saturated carbocycles. The Morgan fingerprint density at radius 2 is 1.85 bits per heavy atom. The molecule has 2 aliphatic heterocycles. The minimum atomic E-state index is -0.327. The molecule has 1 atom stereocenters. The van der Waals surface area contributed by atoms with E-state index in [1.807, 2.05) is 38.7 Å². The maximum absolute atomic E-state index is 13.2. The lowest BCUT2D eigenvalue weighted by Crippen LogP contribution is -2.40. The fourth-order valence-corrected chi connectivity index (χ4v) is 4.80. The van der Waals surface area contributed by atoms with E-state index in [4.69, 9.17) is 5.73 Å². The number of aromatic nitrogens is 1. The van der Waals surface area contributed by atoms with Crippen LogP contribution < -0.4 is 21.7 Å². The number of nitrogens with one attached hydrogen (secondary N) is 3. The molecule has 220 valence electrons. The lowest BCUT2D eigenvalue weighted by atomic mass is 10.0. The summed E-state index contributed by atoms with van der Waals surface area (Å²) in [4.78, 5) is 49.1. The Hall–Kier alpha value is -4.05. The fourth-order valence-electron chi connectivity index (χ4n) is 4.80. The van der Waals surface area contributed by atoms with Gasteiger partial charge in [0.25, 0.3) is 5.91 Å². The van der Waals surface area contributed by atoms with Crippen LogP contribution in [-0.4, -0.2) is 59.1 Å². The summed E-state index contributed by atoms with van der Waals surface area (Å²) in [6.45, 7) is 10.7. The van der Waals surface area contributed by atoms with Gasteiger partial charge in [0, 0.05) is 49.0 Å². The quantitative estimate of drug-likeness (QED) is 0.343. The third kappa shape index (κ3) is 8.72. The number of hydrogen-bond donors (Lipinski definition) is 4. The van der Waals surface area contributed by atoms with Crippen LogP contribution in [0.1, 0.15) is 81.3 Å². The molecule has 10 heteroatoms. The first-order valence-electron chi connectivity index (χ1n) is 14.6. The van der Waals surface area contributed by atoms with Gasteiger partial charge in [-0.2, -0.15) is 0 Å². The number of benzene rings is 1. The van der Waals surface area contributed by atoms with Gasteiger partial charge in [0.2, 0.25) is 11.8 Å². The average Bonchev–Trinajstić information content (AvgIpc) is 3.46. The first kappa shape index (κ1) is 31.5. The number of carbonyl (C=O) groups excluding carboxylic acids is 3. The molecule has 0 bridgehead atoms. The van der Waals surface area contributed by atoms with Gasteiger partial charge in [0.15, 0.2) is 0 Å². The zero-order valence-electron chi connectivity index (χ0n) is 24.6. The fraction of sp³-hybridized carbons (Fsp3) is 0.452. The highest BCUT2D eigenvalue weighted by atomic mass is 16.2. The number of carbonyl (C=O) groups is 3. The topological polar surface area (TPSA) is 142 Å². The Morgan fingerprint density at radius 3 is 2.54 bits per heavy atom. The van der Waals surface area contributed by atoms with Crippen LogP contribution >= 0.6 is 0 Å². The Kier molecular flexibility index (Phi) is 12.0. The van der Waals surface area contributed by atoms with E-state index in [-0.39, 0.29) is 30.2 Å². The predicted octanol–water partition coefficient (Wildman–Crippen LogP) is 4.15. The van der Waals surface area contributed by atoms with Crippen molar-refractivity contribution in [2.75, 3.05) is 25.0 Å². The van der Waals surface area contributed by atoms with Crippen molar-refractivity contribution in [2.24, 2.45) is 10.7 Å². The molecule has 2 aliphatic rings. The number of amides is 3. The molecule has 1 fully saturated rings. The van der Waals surface area contributed by atoms with Gasteiger partial charge in [0.1, 0.15) is 5.84 Å². The van der Waals surface area contributed by atoms with E-state index in [1.54, 1.807) is 36.7 Å². The lowest BCUT2D eigenvalue weighted by molar-refractivity contribution is -0.127. The van der Waals surface area contributed by atoms with Crippen molar-refractivity contribution in [3.63, 3.8) is 0 Å². The molecular formula is C31H43N7O3. The van der Waals surface area contributed by atoms with Gasteiger partial charge >= 0.3 is 0 Å². The molecule has 0 radical (unpaired) electrons. The third-order valence-electron chi connectivity index (χ3n) is 6.70. The second kappa shape index (κ2) is 15.7. The number of pyridine rings is 1. The number of hydrogen-bond acceptors (Lipinski definition) is 7. The summed E-state index contributed by atoms with van der Waals surface area (Å²) in [5, 5.41) is 8.95. The van der Waals surface area contributed by atoms with Gasteiger partial charge < -0.3 is 26.6 Å². The monoisotopic (exact) mass is 561 g/mol. The smallest absolute Gasteiger partial charge is 0.255 e. The molecule has 3 heterocycles. The Labute approximate surface area is 242 Å². The molecule has 1 unspecified atom stereocenters. The summed E-state index contributed by atoms with van der Waals surface area (Å²) in [6.07, 6.45) is 8.87. The average molecular weight is 562 g/mol. The Morgan fingerprint density at radius 1 is 1.10 bits per heavy atom. The van der Waals surface area contributed by atoms with Crippen molar-refractivity contribution < 1.29 is 14.4 Å². The summed E-state index contributed by atoms with van der Waals surface area (Å²) in [5.74, 6) is -0.0689. The van der Waals surface area contributed by atoms with Crippen LogP contribution in [0.3, 0.4) is 0 Å². The van der Waals surface area contributed by atoms with Gasteiger partial charge in [-0.3, -0.25) is 19.4 Å². The number of amidine groups is 1. The largest absolute Gasteiger partial charge is 0.387 e. The van der Waals surface area contributed by atoms with Crippen LogP contribution in [0.25, 0.3) is 6.08 Å². The molecule has 1 aromatic carbocycles. The maximum atomic E-state index is 13.2. The van der Waals surface area contributed by atoms with E-state index in [9.17, 15) is 14.4 Å². The van der Waals surface area contributed by atoms with Crippen LogP contribution in [0, 0.1) is 0 Å². The molecule has 5 N–H and O–H groups in total. The van der Waals surface area contributed by atoms with Crippen LogP contribution in [0.4, 0.5) is 11.4 Å². The maximum Gasteiger partial charge on any atom is 0.255 e. The Balaban J connectivity index is 0.00000226. The predicted molar refractivity (Wildman–Crippen MR) is 164 cm³/mol. The van der Waals surface area contributed by atoms with E-state index in [0.717, 1.165) is 43.4 Å². The van der Waals surface area contributed by atoms with Crippen LogP contribution in [0.15, 0.2) is 47.2 Å². The van der Waals surface area contributed by atoms with Crippen molar-refractivity contribution in [3.05, 3.63) is 58.9 Å². The number of fused-ring (bicyclic) bond motifs is 1. The van der Waals surface area contributed by atoms with Gasteiger partial charge in [-0.15, -0.1) is 0 Å². The van der Waals surface area contributed by atoms with E-state index in [1.165, 1.54) is 0 Å². The second-order valence-electron chi connectivity index (χ2n) is 9.92. The van der Waals surface area contributed by atoms with Crippen LogP contribution in [0.2, 0.25) is 0 Å². The highest BCUT2D eigenvalue weighted by Gasteiger charge is 2.22. The van der Waals surface area contributed by atoms with Crippen molar-refractivity contribution >= 4 is 41.0 Å². The van der Waals surface area contributed by atoms with Gasteiger partial charge in [-0.05, 0) is 62.1 Å². The lowest BCUT2D eigenvalue weighted by Gasteiger charge is -2.22. The standard InChI is InChI=1S/C29H37N7O3.C2H6/c1-3-10-36(11-4-2)29(39)22-13-20-7-8-21(14-25(20)35-26(30)15-22)27(37)34-23-12-19(16-31-18-23)17-33-28(38)24-6-5-9-32-24;1-2/h7-8,12-14,16,18,24,32H,3-6,9-11,15,17H2,1-2H3,(H2,30,35)(H,33,38)(H,34,37);1-2H3. The van der Waals surface area contributed by atoms with Crippen LogP contribution in [0.5, 0.6) is 0 Å². The van der Waals surface area contributed by atoms with Crippen molar-refractivity contribution in [1.29, 1.82) is 0 Å². The molecule has 0 aliphatic carbocycles. The summed E-state index contributed by atoms with van der Waals surface area (Å²) in [7, 11) is 0. The number of nitrogens with two attached hydrogens (primary N) is 1. The van der Waals surface area contributed by atoms with E-state index >= 15 is 0 Å². The van der Waals surface area contributed by atoms with Crippen molar-refractivity contribution in [2.45, 2.75) is 72.4 Å². The number of aliphatic imine (C=N–C) groups is 1. The Bertz CT molecular complexity index is 1280. The molecule has 3 amide bonds. The molecule has 0 spiro atoms. The first-order chi connectivity index (χ1) is 19.9. The molecule has 10 nitrogen and oxygen atoms in total. The molecule has 41 heavy (non-hydrogen) atoms.